The highest BCUT2D eigenvalue weighted by Crippen LogP contribution is 2.21. The van der Waals surface area contributed by atoms with E-state index >= 15 is 0 Å². The molecule has 0 unspecified atom stereocenters. The van der Waals surface area contributed by atoms with Crippen molar-refractivity contribution in [2.75, 3.05) is 31.9 Å². The second-order valence-electron chi connectivity index (χ2n) is 5.33. The van der Waals surface area contributed by atoms with E-state index < -0.39 is 0 Å². The lowest BCUT2D eigenvalue weighted by molar-refractivity contribution is 0.0536. The van der Waals surface area contributed by atoms with Crippen LogP contribution in [0, 0.1) is 0 Å². The first-order valence-corrected chi connectivity index (χ1v) is 8.95. The molecule has 1 aromatic heterocycles. The Balaban J connectivity index is 0.00000208. The van der Waals surface area contributed by atoms with Crippen LogP contribution >= 0.6 is 39.7 Å². The monoisotopic (exact) mass is 429 g/mol. The number of piperazine rings is 1. The minimum absolute atomic E-state index is 0. The number of nitrogens with two attached hydrogens (primary N) is 1. The number of amides is 2. The molecule has 8 heteroatoms. The highest BCUT2D eigenvalue weighted by atomic mass is 79.9. The smallest absolute Gasteiger partial charge is 0.256 e. The summed E-state index contributed by atoms with van der Waals surface area (Å²) in [4.78, 5) is 28.4. The van der Waals surface area contributed by atoms with Crippen LogP contribution in [0.1, 0.15) is 20.7 Å². The zero-order chi connectivity index (χ0) is 16.4. The number of carbonyl (C=O) groups is 2. The average Bonchev–Trinajstić information content (AvgIpc) is 3.08. The van der Waals surface area contributed by atoms with E-state index in [1.165, 1.54) is 11.3 Å². The molecule has 3 rings (SSSR count). The Morgan fingerprint density at radius 1 is 1.04 bits per heavy atom. The van der Waals surface area contributed by atoms with E-state index in [-0.39, 0.29) is 24.2 Å². The van der Waals surface area contributed by atoms with Gasteiger partial charge in [-0.25, -0.2) is 0 Å². The van der Waals surface area contributed by atoms with Crippen LogP contribution in [0.3, 0.4) is 0 Å². The molecule has 1 aliphatic rings. The van der Waals surface area contributed by atoms with E-state index in [1.807, 2.05) is 16.8 Å². The van der Waals surface area contributed by atoms with E-state index in [9.17, 15) is 9.59 Å². The van der Waals surface area contributed by atoms with Gasteiger partial charge in [-0.2, -0.15) is 11.3 Å². The SMILES string of the molecule is Cl.Nc1cc(Br)ccc1C(=O)N1CCN(C(=O)c2ccsc2)CC1. The van der Waals surface area contributed by atoms with Gasteiger partial charge in [-0.15, -0.1) is 12.4 Å². The maximum absolute atomic E-state index is 12.6. The number of rotatable bonds is 2. The van der Waals surface area contributed by atoms with E-state index in [0.29, 0.717) is 43.0 Å². The molecule has 0 atom stereocenters. The zero-order valence-electron chi connectivity index (χ0n) is 12.8. The Hall–Kier alpha value is -1.57. The van der Waals surface area contributed by atoms with Crippen LogP contribution < -0.4 is 5.73 Å². The summed E-state index contributed by atoms with van der Waals surface area (Å²) in [5.74, 6) is -0.0564. The Morgan fingerprint density at radius 3 is 2.21 bits per heavy atom. The number of anilines is 1. The highest BCUT2D eigenvalue weighted by Gasteiger charge is 2.26. The average molecular weight is 431 g/mol. The van der Waals surface area contributed by atoms with E-state index in [1.54, 1.807) is 28.0 Å². The molecule has 5 nitrogen and oxygen atoms in total. The number of hydrogen-bond acceptors (Lipinski definition) is 4. The Kier molecular flexibility index (Phi) is 6.26. The molecule has 1 saturated heterocycles. The maximum atomic E-state index is 12.6. The van der Waals surface area contributed by atoms with Gasteiger partial charge in [0.15, 0.2) is 0 Å². The topological polar surface area (TPSA) is 66.6 Å². The molecule has 0 bridgehead atoms. The fourth-order valence-electron chi connectivity index (χ4n) is 2.58. The number of carbonyl (C=O) groups excluding carboxylic acids is 2. The van der Waals surface area contributed by atoms with Gasteiger partial charge in [0, 0.05) is 41.7 Å². The third kappa shape index (κ3) is 3.91. The summed E-state index contributed by atoms with van der Waals surface area (Å²) in [5, 5.41) is 3.74. The summed E-state index contributed by atoms with van der Waals surface area (Å²) < 4.78 is 0.845. The van der Waals surface area contributed by atoms with Crippen LogP contribution in [-0.2, 0) is 0 Å². The van der Waals surface area contributed by atoms with Crippen LogP contribution in [0.2, 0.25) is 0 Å². The van der Waals surface area contributed by atoms with Crippen LogP contribution in [0.25, 0.3) is 0 Å². The number of hydrogen-bond donors (Lipinski definition) is 1. The summed E-state index contributed by atoms with van der Waals surface area (Å²) in [5.41, 5.74) is 7.61. The number of halogens is 2. The first-order valence-electron chi connectivity index (χ1n) is 7.22. The van der Waals surface area contributed by atoms with Crippen molar-refractivity contribution in [2.24, 2.45) is 0 Å². The molecule has 0 saturated carbocycles. The summed E-state index contributed by atoms with van der Waals surface area (Å²) in [6, 6.07) is 7.08. The summed E-state index contributed by atoms with van der Waals surface area (Å²) >= 11 is 4.84. The fraction of sp³-hybridized carbons (Fsp3) is 0.250. The quantitative estimate of drug-likeness (QED) is 0.745. The Labute approximate surface area is 159 Å². The number of thiophene rings is 1. The van der Waals surface area contributed by atoms with Crippen molar-refractivity contribution in [3.05, 3.63) is 50.6 Å². The van der Waals surface area contributed by atoms with Crippen LogP contribution in [0.15, 0.2) is 39.5 Å². The van der Waals surface area contributed by atoms with Gasteiger partial charge in [0.25, 0.3) is 11.8 Å². The number of benzene rings is 1. The van der Waals surface area contributed by atoms with Crippen molar-refractivity contribution in [3.63, 3.8) is 0 Å². The standard InChI is InChI=1S/C16H16BrN3O2S.ClH/c17-12-1-2-13(14(18)9-12)16(22)20-6-4-19(5-7-20)15(21)11-3-8-23-10-11;/h1-3,8-10H,4-7,18H2;1H. The van der Waals surface area contributed by atoms with E-state index in [4.69, 9.17) is 5.73 Å². The van der Waals surface area contributed by atoms with E-state index in [0.717, 1.165) is 4.47 Å². The fourth-order valence-corrected chi connectivity index (χ4v) is 3.59. The molecule has 2 heterocycles. The second kappa shape index (κ2) is 8.00. The van der Waals surface area contributed by atoms with Crippen LogP contribution in [0.5, 0.6) is 0 Å². The number of nitrogens with zero attached hydrogens (tertiary/aromatic N) is 2. The summed E-state index contributed by atoms with van der Waals surface area (Å²) in [6.07, 6.45) is 0. The molecule has 0 spiro atoms. The third-order valence-electron chi connectivity index (χ3n) is 3.87. The minimum atomic E-state index is -0.0855. The van der Waals surface area contributed by atoms with Gasteiger partial charge in [-0.3, -0.25) is 9.59 Å². The van der Waals surface area contributed by atoms with E-state index in [2.05, 4.69) is 15.9 Å². The molecule has 0 aliphatic carbocycles. The molecule has 2 amide bonds. The lowest BCUT2D eigenvalue weighted by atomic mass is 10.1. The Bertz CT molecular complexity index is 731. The van der Waals surface area contributed by atoms with Gasteiger partial charge < -0.3 is 15.5 Å². The molecular formula is C16H17BrClN3O2S. The van der Waals surface area contributed by atoms with Gasteiger partial charge in [-0.1, -0.05) is 15.9 Å². The molecule has 2 N–H and O–H groups in total. The molecular weight excluding hydrogens is 414 g/mol. The lowest BCUT2D eigenvalue weighted by Gasteiger charge is -2.34. The van der Waals surface area contributed by atoms with Crippen molar-refractivity contribution < 1.29 is 9.59 Å². The second-order valence-corrected chi connectivity index (χ2v) is 7.02. The van der Waals surface area contributed by atoms with Gasteiger partial charge in [0.05, 0.1) is 11.1 Å². The third-order valence-corrected chi connectivity index (χ3v) is 5.04. The normalized spacial score (nSPS) is 14.2. The first-order chi connectivity index (χ1) is 11.1. The molecule has 2 aromatic rings. The van der Waals surface area contributed by atoms with Crippen LogP contribution in [0.4, 0.5) is 5.69 Å². The summed E-state index contributed by atoms with van der Waals surface area (Å²) in [6.45, 7) is 2.11. The summed E-state index contributed by atoms with van der Waals surface area (Å²) in [7, 11) is 0. The predicted octanol–water partition coefficient (Wildman–Crippen LogP) is 3.11. The van der Waals surface area contributed by atoms with Crippen molar-refractivity contribution in [3.8, 4) is 0 Å². The maximum Gasteiger partial charge on any atom is 0.256 e. The molecule has 128 valence electrons. The molecule has 1 fully saturated rings. The Morgan fingerprint density at radius 2 is 1.67 bits per heavy atom. The highest BCUT2D eigenvalue weighted by molar-refractivity contribution is 9.10. The van der Waals surface area contributed by atoms with Gasteiger partial charge in [0.1, 0.15) is 0 Å². The predicted molar refractivity (Wildman–Crippen MR) is 102 cm³/mol. The molecule has 1 aliphatic heterocycles. The first kappa shape index (κ1) is 18.8. The molecule has 0 radical (unpaired) electrons. The van der Waals surface area contributed by atoms with Crippen LogP contribution in [-0.4, -0.2) is 47.8 Å². The molecule has 1 aromatic carbocycles. The van der Waals surface area contributed by atoms with Crippen molar-refractivity contribution in [1.82, 2.24) is 9.80 Å². The van der Waals surface area contributed by atoms with Crippen molar-refractivity contribution >= 4 is 57.2 Å². The largest absolute Gasteiger partial charge is 0.398 e. The lowest BCUT2D eigenvalue weighted by Crippen LogP contribution is -2.50. The van der Waals surface area contributed by atoms with Crippen molar-refractivity contribution in [1.29, 1.82) is 0 Å². The number of nitrogen functional groups attached to an aromatic ring is 1. The minimum Gasteiger partial charge on any atom is -0.398 e. The van der Waals surface area contributed by atoms with Gasteiger partial charge >= 0.3 is 0 Å². The van der Waals surface area contributed by atoms with Gasteiger partial charge in [-0.05, 0) is 29.6 Å². The van der Waals surface area contributed by atoms with Crippen molar-refractivity contribution in [2.45, 2.75) is 0 Å². The zero-order valence-corrected chi connectivity index (χ0v) is 16.0. The van der Waals surface area contributed by atoms with Gasteiger partial charge in [0.2, 0.25) is 0 Å². The molecule has 24 heavy (non-hydrogen) atoms.